The Morgan fingerprint density at radius 3 is 3.00 bits per heavy atom. The molecule has 2 rings (SSSR count). The Hall–Kier alpha value is -0.940. The minimum atomic E-state index is 0.954. The first kappa shape index (κ1) is 10.6. The smallest absolute Gasteiger partial charge is 0.182 e. The second kappa shape index (κ2) is 4.72. The van der Waals surface area contributed by atoms with Crippen molar-refractivity contribution in [1.29, 1.82) is 0 Å². The van der Waals surface area contributed by atoms with E-state index in [1.165, 1.54) is 5.01 Å². The Morgan fingerprint density at radius 2 is 2.33 bits per heavy atom. The normalized spacial score (nSPS) is 10.5. The SMILES string of the molecule is CCCc1ncc(-c2csc(NC)n2)s1. The van der Waals surface area contributed by atoms with E-state index in [-0.39, 0.29) is 0 Å². The van der Waals surface area contributed by atoms with Crippen molar-refractivity contribution in [3.63, 3.8) is 0 Å². The molecule has 0 bridgehead atoms. The highest BCUT2D eigenvalue weighted by Crippen LogP contribution is 2.29. The quantitative estimate of drug-likeness (QED) is 0.890. The summed E-state index contributed by atoms with van der Waals surface area (Å²) in [5.74, 6) is 0. The average molecular weight is 239 g/mol. The molecule has 0 amide bonds. The lowest BCUT2D eigenvalue weighted by Crippen LogP contribution is -1.84. The van der Waals surface area contributed by atoms with E-state index in [2.05, 4.69) is 27.6 Å². The monoisotopic (exact) mass is 239 g/mol. The lowest BCUT2D eigenvalue weighted by molar-refractivity contribution is 0.909. The maximum atomic E-state index is 4.45. The van der Waals surface area contributed by atoms with E-state index in [1.807, 2.05) is 13.2 Å². The summed E-state index contributed by atoms with van der Waals surface area (Å²) in [4.78, 5) is 9.99. The molecule has 80 valence electrons. The lowest BCUT2D eigenvalue weighted by atomic mass is 10.4. The molecule has 0 fully saturated rings. The van der Waals surface area contributed by atoms with Gasteiger partial charge in [0.15, 0.2) is 5.13 Å². The van der Waals surface area contributed by atoms with Crippen LogP contribution in [0.4, 0.5) is 5.13 Å². The number of hydrogen-bond donors (Lipinski definition) is 1. The maximum absolute atomic E-state index is 4.45. The second-order valence-electron chi connectivity index (χ2n) is 3.16. The third-order valence-electron chi connectivity index (χ3n) is 1.99. The molecule has 0 aliphatic heterocycles. The summed E-state index contributed by atoms with van der Waals surface area (Å²) in [7, 11) is 1.89. The van der Waals surface area contributed by atoms with Crippen molar-refractivity contribution in [2.24, 2.45) is 0 Å². The Morgan fingerprint density at radius 1 is 1.47 bits per heavy atom. The van der Waals surface area contributed by atoms with E-state index in [4.69, 9.17) is 0 Å². The first-order chi connectivity index (χ1) is 7.33. The van der Waals surface area contributed by atoms with Gasteiger partial charge in [-0.05, 0) is 12.8 Å². The van der Waals surface area contributed by atoms with Crippen LogP contribution < -0.4 is 5.32 Å². The van der Waals surface area contributed by atoms with Crippen LogP contribution in [0.1, 0.15) is 18.4 Å². The van der Waals surface area contributed by atoms with Crippen LogP contribution in [0.2, 0.25) is 0 Å². The molecule has 1 N–H and O–H groups in total. The van der Waals surface area contributed by atoms with E-state index < -0.39 is 0 Å². The molecular formula is C10H13N3S2. The highest BCUT2D eigenvalue weighted by molar-refractivity contribution is 7.16. The van der Waals surface area contributed by atoms with Gasteiger partial charge in [-0.15, -0.1) is 22.7 Å². The topological polar surface area (TPSA) is 37.8 Å². The van der Waals surface area contributed by atoms with Crippen LogP contribution in [0.25, 0.3) is 10.6 Å². The van der Waals surface area contributed by atoms with Gasteiger partial charge in [0.25, 0.3) is 0 Å². The van der Waals surface area contributed by atoms with Crippen molar-refractivity contribution in [3.8, 4) is 10.6 Å². The average Bonchev–Trinajstić information content (AvgIpc) is 2.85. The summed E-state index contributed by atoms with van der Waals surface area (Å²) in [6, 6.07) is 0. The van der Waals surface area contributed by atoms with Gasteiger partial charge < -0.3 is 5.32 Å². The van der Waals surface area contributed by atoms with Crippen molar-refractivity contribution in [2.75, 3.05) is 12.4 Å². The molecule has 2 aromatic rings. The molecule has 0 aliphatic carbocycles. The van der Waals surface area contributed by atoms with Gasteiger partial charge in [-0.1, -0.05) is 6.92 Å². The standard InChI is InChI=1S/C10H13N3S2/c1-3-4-9-12-5-8(15-9)7-6-14-10(11-2)13-7/h5-6H,3-4H2,1-2H3,(H,11,13). The molecule has 2 aromatic heterocycles. The van der Waals surface area contributed by atoms with Crippen LogP contribution >= 0.6 is 22.7 Å². The number of nitrogens with zero attached hydrogens (tertiary/aromatic N) is 2. The zero-order valence-corrected chi connectivity index (χ0v) is 10.4. The van der Waals surface area contributed by atoms with Crippen molar-refractivity contribution >= 4 is 27.8 Å². The molecule has 0 radical (unpaired) electrons. The Kier molecular flexibility index (Phi) is 3.33. The van der Waals surface area contributed by atoms with E-state index in [1.54, 1.807) is 22.7 Å². The first-order valence-electron chi connectivity index (χ1n) is 4.92. The molecule has 2 heterocycles. The van der Waals surface area contributed by atoms with Crippen LogP contribution in [0.5, 0.6) is 0 Å². The van der Waals surface area contributed by atoms with E-state index in [9.17, 15) is 0 Å². The zero-order valence-electron chi connectivity index (χ0n) is 8.78. The Bertz CT molecular complexity index is 433. The zero-order chi connectivity index (χ0) is 10.7. The molecule has 0 saturated heterocycles. The summed E-state index contributed by atoms with van der Waals surface area (Å²) in [5.41, 5.74) is 1.03. The van der Waals surface area contributed by atoms with E-state index >= 15 is 0 Å². The van der Waals surface area contributed by atoms with Crippen molar-refractivity contribution in [3.05, 3.63) is 16.6 Å². The molecule has 5 heteroatoms. The summed E-state index contributed by atoms with van der Waals surface area (Å²) in [5, 5.41) is 7.26. The summed E-state index contributed by atoms with van der Waals surface area (Å²) >= 11 is 3.36. The van der Waals surface area contributed by atoms with E-state index in [0.717, 1.165) is 28.5 Å². The number of aromatic nitrogens is 2. The van der Waals surface area contributed by atoms with Crippen molar-refractivity contribution in [1.82, 2.24) is 9.97 Å². The fourth-order valence-corrected chi connectivity index (χ4v) is 2.99. The minimum absolute atomic E-state index is 0.954. The van der Waals surface area contributed by atoms with Crippen molar-refractivity contribution in [2.45, 2.75) is 19.8 Å². The maximum Gasteiger partial charge on any atom is 0.182 e. The molecule has 15 heavy (non-hydrogen) atoms. The summed E-state index contributed by atoms with van der Waals surface area (Å²) < 4.78 is 0. The number of thiazole rings is 2. The Balaban J connectivity index is 2.21. The van der Waals surface area contributed by atoms with Gasteiger partial charge in [-0.3, -0.25) is 0 Å². The van der Waals surface area contributed by atoms with Gasteiger partial charge in [-0.2, -0.15) is 0 Å². The van der Waals surface area contributed by atoms with E-state index in [0.29, 0.717) is 0 Å². The fourth-order valence-electron chi connectivity index (χ4n) is 1.26. The van der Waals surface area contributed by atoms with Crippen LogP contribution in [0.15, 0.2) is 11.6 Å². The molecule has 0 spiro atoms. The minimum Gasteiger partial charge on any atom is -0.365 e. The van der Waals surface area contributed by atoms with Gasteiger partial charge in [0.05, 0.1) is 15.6 Å². The number of aryl methyl sites for hydroxylation is 1. The molecule has 0 aliphatic rings. The van der Waals surface area contributed by atoms with Crippen LogP contribution in [0.3, 0.4) is 0 Å². The molecular weight excluding hydrogens is 226 g/mol. The number of hydrogen-bond acceptors (Lipinski definition) is 5. The largest absolute Gasteiger partial charge is 0.365 e. The first-order valence-corrected chi connectivity index (χ1v) is 6.61. The highest BCUT2D eigenvalue weighted by Gasteiger charge is 2.07. The number of anilines is 1. The second-order valence-corrected chi connectivity index (χ2v) is 5.13. The molecule has 0 saturated carbocycles. The van der Waals surface area contributed by atoms with Crippen LogP contribution in [-0.2, 0) is 6.42 Å². The summed E-state index contributed by atoms with van der Waals surface area (Å²) in [6.45, 7) is 2.17. The predicted octanol–water partition coefficient (Wildman–Crippen LogP) is 3.26. The van der Waals surface area contributed by atoms with Gasteiger partial charge in [0, 0.05) is 18.6 Å². The van der Waals surface area contributed by atoms with Gasteiger partial charge in [0.1, 0.15) is 0 Å². The molecule has 0 atom stereocenters. The van der Waals surface area contributed by atoms with Gasteiger partial charge in [0.2, 0.25) is 0 Å². The predicted molar refractivity (Wildman–Crippen MR) is 66.8 cm³/mol. The molecule has 3 nitrogen and oxygen atoms in total. The number of rotatable bonds is 4. The van der Waals surface area contributed by atoms with Gasteiger partial charge in [-0.25, -0.2) is 9.97 Å². The molecule has 0 unspecified atom stereocenters. The van der Waals surface area contributed by atoms with Crippen LogP contribution in [-0.4, -0.2) is 17.0 Å². The third kappa shape index (κ3) is 2.35. The van der Waals surface area contributed by atoms with Crippen molar-refractivity contribution < 1.29 is 0 Å². The number of nitrogens with one attached hydrogen (secondary N) is 1. The van der Waals surface area contributed by atoms with Gasteiger partial charge >= 0.3 is 0 Å². The summed E-state index contributed by atoms with van der Waals surface area (Å²) in [6.07, 6.45) is 4.13. The highest BCUT2D eigenvalue weighted by atomic mass is 32.1. The molecule has 0 aromatic carbocycles. The lowest BCUT2D eigenvalue weighted by Gasteiger charge is -1.89. The fraction of sp³-hybridized carbons (Fsp3) is 0.400. The Labute approximate surface area is 97.2 Å². The van der Waals surface area contributed by atoms with Crippen LogP contribution in [0, 0.1) is 0 Å². The third-order valence-corrected chi connectivity index (χ3v) is 3.93.